The third kappa shape index (κ3) is 4.67. The van der Waals surface area contributed by atoms with Crippen LogP contribution in [0.3, 0.4) is 0 Å². The number of hydrogen-bond acceptors (Lipinski definition) is 3. The van der Waals surface area contributed by atoms with E-state index in [0.717, 1.165) is 6.07 Å². The number of aliphatic hydroxyl groups excluding tert-OH is 1. The van der Waals surface area contributed by atoms with Crippen molar-refractivity contribution in [2.45, 2.75) is 12.3 Å². The van der Waals surface area contributed by atoms with Crippen LogP contribution in [0.2, 0.25) is 0 Å². The molecule has 1 rings (SSSR count). The smallest absolute Gasteiger partial charge is 0.389 e. The largest absolute Gasteiger partial charge is 0.418 e. The Hall–Kier alpha value is -0.790. The first-order chi connectivity index (χ1) is 8.75. The molecular formula is C12H15BrF3NO2. The number of anilines is 1. The Morgan fingerprint density at radius 3 is 2.58 bits per heavy atom. The van der Waals surface area contributed by atoms with Crippen LogP contribution in [0.5, 0.6) is 0 Å². The average molecular weight is 342 g/mol. The molecule has 0 aromatic heterocycles. The number of nitrogens with zero attached hydrogens (tertiary/aromatic N) is 1. The predicted octanol–water partition coefficient (Wildman–Crippen LogP) is 2.91. The third-order valence-corrected chi connectivity index (χ3v) is 3.01. The Morgan fingerprint density at radius 2 is 2.05 bits per heavy atom. The molecule has 19 heavy (non-hydrogen) atoms. The highest BCUT2D eigenvalue weighted by molar-refractivity contribution is 9.10. The normalized spacial score (nSPS) is 13.4. The Morgan fingerprint density at radius 1 is 1.42 bits per heavy atom. The van der Waals surface area contributed by atoms with Gasteiger partial charge in [-0.2, -0.15) is 13.2 Å². The number of alkyl halides is 3. The van der Waals surface area contributed by atoms with E-state index in [1.807, 2.05) is 0 Å². The maximum Gasteiger partial charge on any atom is 0.418 e. The predicted molar refractivity (Wildman–Crippen MR) is 70.3 cm³/mol. The van der Waals surface area contributed by atoms with E-state index in [4.69, 9.17) is 4.74 Å². The summed E-state index contributed by atoms with van der Waals surface area (Å²) in [6, 6.07) is 3.73. The number of ether oxygens (including phenoxy) is 1. The molecule has 1 atom stereocenters. The quantitative estimate of drug-likeness (QED) is 0.893. The van der Waals surface area contributed by atoms with Gasteiger partial charge in [0.1, 0.15) is 0 Å². The second kappa shape index (κ2) is 6.58. The van der Waals surface area contributed by atoms with E-state index in [-0.39, 0.29) is 18.8 Å². The van der Waals surface area contributed by atoms with E-state index in [2.05, 4.69) is 15.9 Å². The van der Waals surface area contributed by atoms with Crippen LogP contribution >= 0.6 is 15.9 Å². The standard InChI is InChI=1S/C12H15BrF3NO2/c1-17(6-9(18)7-19-2)11-5-8(13)3-4-10(11)12(14,15)16/h3-5,9,18H,6-7H2,1-2H3. The summed E-state index contributed by atoms with van der Waals surface area (Å²) in [5, 5.41) is 9.58. The van der Waals surface area contributed by atoms with Gasteiger partial charge in [-0.05, 0) is 18.2 Å². The van der Waals surface area contributed by atoms with Crippen LogP contribution in [0.15, 0.2) is 22.7 Å². The van der Waals surface area contributed by atoms with Crippen LogP contribution < -0.4 is 4.90 Å². The molecule has 1 N–H and O–H groups in total. The summed E-state index contributed by atoms with van der Waals surface area (Å²) in [7, 11) is 2.92. The van der Waals surface area contributed by atoms with Crippen molar-refractivity contribution in [3.63, 3.8) is 0 Å². The topological polar surface area (TPSA) is 32.7 Å². The molecule has 0 radical (unpaired) electrons. The third-order valence-electron chi connectivity index (χ3n) is 2.52. The van der Waals surface area contributed by atoms with E-state index in [1.54, 1.807) is 0 Å². The number of aliphatic hydroxyl groups is 1. The molecule has 1 aromatic carbocycles. The van der Waals surface area contributed by atoms with E-state index in [9.17, 15) is 18.3 Å². The summed E-state index contributed by atoms with van der Waals surface area (Å²) in [5.41, 5.74) is -0.722. The van der Waals surface area contributed by atoms with Crippen molar-refractivity contribution in [2.24, 2.45) is 0 Å². The summed E-state index contributed by atoms with van der Waals surface area (Å²) < 4.78 is 44.0. The zero-order valence-corrected chi connectivity index (χ0v) is 12.1. The van der Waals surface area contributed by atoms with Crippen LogP contribution in [0.4, 0.5) is 18.9 Å². The molecule has 1 unspecified atom stereocenters. The fraction of sp³-hybridized carbons (Fsp3) is 0.500. The van der Waals surface area contributed by atoms with E-state index >= 15 is 0 Å². The average Bonchev–Trinajstić information content (AvgIpc) is 2.27. The van der Waals surface area contributed by atoms with E-state index in [1.165, 1.54) is 31.2 Å². The molecule has 0 aliphatic carbocycles. The van der Waals surface area contributed by atoms with Gasteiger partial charge in [-0.25, -0.2) is 0 Å². The van der Waals surface area contributed by atoms with Crippen molar-refractivity contribution in [1.82, 2.24) is 0 Å². The minimum atomic E-state index is -4.43. The van der Waals surface area contributed by atoms with Gasteiger partial charge in [0.05, 0.1) is 18.3 Å². The van der Waals surface area contributed by atoms with Crippen LogP contribution in [0, 0.1) is 0 Å². The number of hydrogen-bond donors (Lipinski definition) is 1. The minimum absolute atomic E-state index is 0.0111. The maximum atomic E-state index is 12.9. The van der Waals surface area contributed by atoms with Gasteiger partial charge in [0, 0.05) is 30.9 Å². The van der Waals surface area contributed by atoms with E-state index in [0.29, 0.717) is 4.47 Å². The molecule has 0 bridgehead atoms. The number of likely N-dealkylation sites (N-methyl/N-ethyl adjacent to an activating group) is 1. The number of rotatable bonds is 5. The van der Waals surface area contributed by atoms with Gasteiger partial charge in [-0.15, -0.1) is 0 Å². The molecule has 0 spiro atoms. The minimum Gasteiger partial charge on any atom is -0.389 e. The molecule has 0 aliphatic heterocycles. The molecule has 0 saturated carbocycles. The second-order valence-corrected chi connectivity index (χ2v) is 5.06. The van der Waals surface area contributed by atoms with Crippen LogP contribution in [0.1, 0.15) is 5.56 Å². The lowest BCUT2D eigenvalue weighted by Crippen LogP contribution is -2.33. The van der Waals surface area contributed by atoms with Crippen LogP contribution in [-0.2, 0) is 10.9 Å². The molecule has 0 amide bonds. The lowest BCUT2D eigenvalue weighted by molar-refractivity contribution is -0.137. The Kier molecular flexibility index (Phi) is 5.64. The molecule has 108 valence electrons. The molecule has 3 nitrogen and oxygen atoms in total. The summed E-state index contributed by atoms with van der Waals surface area (Å²) in [6.07, 6.45) is -5.29. The monoisotopic (exact) mass is 341 g/mol. The van der Waals surface area contributed by atoms with Gasteiger partial charge < -0.3 is 14.7 Å². The van der Waals surface area contributed by atoms with Gasteiger partial charge in [-0.3, -0.25) is 0 Å². The fourth-order valence-corrected chi connectivity index (χ4v) is 2.07. The SMILES string of the molecule is COCC(O)CN(C)c1cc(Br)ccc1C(F)(F)F. The van der Waals surface area contributed by atoms with E-state index < -0.39 is 17.8 Å². The Bertz CT molecular complexity index is 426. The van der Waals surface area contributed by atoms with Gasteiger partial charge in [0.25, 0.3) is 0 Å². The van der Waals surface area contributed by atoms with Crippen LogP contribution in [0.25, 0.3) is 0 Å². The summed E-state index contributed by atoms with van der Waals surface area (Å²) in [5.74, 6) is 0. The van der Waals surface area contributed by atoms with Gasteiger partial charge in [0.2, 0.25) is 0 Å². The molecule has 0 heterocycles. The highest BCUT2D eigenvalue weighted by atomic mass is 79.9. The van der Waals surface area contributed by atoms with Crippen molar-refractivity contribution in [3.8, 4) is 0 Å². The number of halogens is 4. The zero-order valence-electron chi connectivity index (χ0n) is 10.5. The first-order valence-corrected chi connectivity index (χ1v) is 6.30. The first-order valence-electron chi connectivity index (χ1n) is 5.50. The Labute approximate surface area is 118 Å². The molecule has 0 saturated heterocycles. The second-order valence-electron chi connectivity index (χ2n) is 4.15. The molecular weight excluding hydrogens is 327 g/mol. The molecule has 0 fully saturated rings. The van der Waals surface area contributed by atoms with Gasteiger partial charge >= 0.3 is 6.18 Å². The number of benzene rings is 1. The highest BCUT2D eigenvalue weighted by Gasteiger charge is 2.34. The van der Waals surface area contributed by atoms with Crippen molar-refractivity contribution >= 4 is 21.6 Å². The lowest BCUT2D eigenvalue weighted by atomic mass is 10.1. The number of methoxy groups -OCH3 is 1. The molecule has 7 heteroatoms. The maximum absolute atomic E-state index is 12.9. The van der Waals surface area contributed by atoms with Crippen LogP contribution in [-0.4, -0.2) is 38.5 Å². The zero-order chi connectivity index (χ0) is 14.6. The van der Waals surface area contributed by atoms with Crippen molar-refractivity contribution in [3.05, 3.63) is 28.2 Å². The first kappa shape index (κ1) is 16.3. The fourth-order valence-electron chi connectivity index (χ4n) is 1.72. The van der Waals surface area contributed by atoms with Gasteiger partial charge in [-0.1, -0.05) is 15.9 Å². The van der Waals surface area contributed by atoms with Crippen molar-refractivity contribution in [2.75, 3.05) is 32.2 Å². The lowest BCUT2D eigenvalue weighted by Gasteiger charge is -2.25. The molecule has 1 aromatic rings. The van der Waals surface area contributed by atoms with Crippen molar-refractivity contribution < 1.29 is 23.0 Å². The summed E-state index contributed by atoms with van der Waals surface area (Å²) in [4.78, 5) is 1.36. The van der Waals surface area contributed by atoms with Crippen molar-refractivity contribution in [1.29, 1.82) is 0 Å². The highest BCUT2D eigenvalue weighted by Crippen LogP contribution is 2.37. The Balaban J connectivity index is 3.00. The summed E-state index contributed by atoms with van der Waals surface area (Å²) >= 11 is 3.15. The summed E-state index contributed by atoms with van der Waals surface area (Å²) in [6.45, 7) is 0.118. The molecule has 0 aliphatic rings. The van der Waals surface area contributed by atoms with Gasteiger partial charge in [0.15, 0.2) is 0 Å².